The van der Waals surface area contributed by atoms with Crippen LogP contribution in [0, 0.1) is 5.41 Å². The van der Waals surface area contributed by atoms with Gasteiger partial charge in [0.25, 0.3) is 0 Å². The standard InChI is InChI=1S/C17H31NO5/c1-4-7-17(22,8-5-2)11-14(19)18-10-6-9-16(12-18,13-23-3)15(20)21/h22H,4-13H2,1-3H3,(H,20,21). The average molecular weight is 329 g/mol. The number of hydrogen-bond donors (Lipinski definition) is 2. The number of amides is 1. The minimum Gasteiger partial charge on any atom is -0.481 e. The lowest BCUT2D eigenvalue weighted by molar-refractivity contribution is -0.160. The highest BCUT2D eigenvalue weighted by atomic mass is 16.5. The molecule has 1 atom stereocenters. The molecule has 0 spiro atoms. The van der Waals surface area contributed by atoms with E-state index in [0.717, 1.165) is 12.8 Å². The summed E-state index contributed by atoms with van der Waals surface area (Å²) in [7, 11) is 1.48. The third-order valence-electron chi connectivity index (χ3n) is 4.71. The zero-order valence-electron chi connectivity index (χ0n) is 14.6. The number of carbonyl (C=O) groups excluding carboxylic acids is 1. The Kier molecular flexibility index (Phi) is 7.48. The SMILES string of the molecule is CCCC(O)(CCC)CC(=O)N1CCCC(COC)(C(=O)O)C1. The lowest BCUT2D eigenvalue weighted by Gasteiger charge is -2.40. The van der Waals surface area contributed by atoms with Gasteiger partial charge in [0.15, 0.2) is 0 Å². The Morgan fingerprint density at radius 3 is 2.35 bits per heavy atom. The summed E-state index contributed by atoms with van der Waals surface area (Å²) < 4.78 is 5.08. The van der Waals surface area contributed by atoms with E-state index < -0.39 is 17.0 Å². The highest BCUT2D eigenvalue weighted by Crippen LogP contribution is 2.32. The summed E-state index contributed by atoms with van der Waals surface area (Å²) >= 11 is 0. The molecule has 0 aromatic carbocycles. The quantitative estimate of drug-likeness (QED) is 0.676. The smallest absolute Gasteiger partial charge is 0.313 e. The largest absolute Gasteiger partial charge is 0.481 e. The maximum Gasteiger partial charge on any atom is 0.313 e. The van der Waals surface area contributed by atoms with E-state index in [-0.39, 0.29) is 25.5 Å². The number of carbonyl (C=O) groups is 2. The molecule has 0 aromatic heterocycles. The molecule has 1 rings (SSSR count). The Hall–Kier alpha value is -1.14. The number of aliphatic carboxylic acids is 1. The molecule has 0 aliphatic carbocycles. The van der Waals surface area contributed by atoms with Crippen molar-refractivity contribution in [3.8, 4) is 0 Å². The molecule has 1 amide bonds. The number of methoxy groups -OCH3 is 1. The maximum absolute atomic E-state index is 12.6. The van der Waals surface area contributed by atoms with E-state index >= 15 is 0 Å². The molecule has 0 bridgehead atoms. The van der Waals surface area contributed by atoms with Crippen LogP contribution in [0.5, 0.6) is 0 Å². The molecular formula is C17H31NO5. The fourth-order valence-corrected chi connectivity index (χ4v) is 3.60. The molecule has 134 valence electrons. The van der Waals surface area contributed by atoms with Crippen molar-refractivity contribution >= 4 is 11.9 Å². The van der Waals surface area contributed by atoms with Gasteiger partial charge in [-0.15, -0.1) is 0 Å². The Morgan fingerprint density at radius 1 is 1.26 bits per heavy atom. The van der Waals surface area contributed by atoms with Crippen molar-refractivity contribution in [2.75, 3.05) is 26.8 Å². The molecule has 1 aliphatic heterocycles. The molecule has 23 heavy (non-hydrogen) atoms. The van der Waals surface area contributed by atoms with E-state index in [9.17, 15) is 19.8 Å². The van der Waals surface area contributed by atoms with E-state index in [0.29, 0.717) is 32.2 Å². The molecule has 1 fully saturated rings. The third kappa shape index (κ3) is 5.18. The van der Waals surface area contributed by atoms with E-state index in [1.54, 1.807) is 4.90 Å². The predicted molar refractivity (Wildman–Crippen MR) is 87.1 cm³/mol. The summed E-state index contributed by atoms with van der Waals surface area (Å²) in [6, 6.07) is 0. The second-order valence-electron chi connectivity index (χ2n) is 6.84. The minimum absolute atomic E-state index is 0.0668. The van der Waals surface area contributed by atoms with Crippen LogP contribution in [-0.2, 0) is 14.3 Å². The first kappa shape index (κ1) is 19.9. The number of rotatable bonds is 9. The van der Waals surface area contributed by atoms with Gasteiger partial charge < -0.3 is 19.8 Å². The summed E-state index contributed by atoms with van der Waals surface area (Å²) in [4.78, 5) is 25.9. The first-order valence-corrected chi connectivity index (χ1v) is 8.55. The van der Waals surface area contributed by atoms with Crippen molar-refractivity contribution in [1.29, 1.82) is 0 Å². The van der Waals surface area contributed by atoms with Crippen LogP contribution in [-0.4, -0.2) is 59.4 Å². The first-order valence-electron chi connectivity index (χ1n) is 8.55. The van der Waals surface area contributed by atoms with Gasteiger partial charge in [0.05, 0.1) is 18.6 Å². The van der Waals surface area contributed by atoms with Crippen molar-refractivity contribution < 1.29 is 24.5 Å². The van der Waals surface area contributed by atoms with Crippen molar-refractivity contribution in [3.63, 3.8) is 0 Å². The summed E-state index contributed by atoms with van der Waals surface area (Å²) in [6.07, 6.45) is 4.01. The minimum atomic E-state index is -1.03. The highest BCUT2D eigenvalue weighted by molar-refractivity contribution is 5.80. The van der Waals surface area contributed by atoms with Crippen LogP contribution in [0.1, 0.15) is 58.8 Å². The maximum atomic E-state index is 12.6. The molecule has 1 unspecified atom stereocenters. The molecule has 1 saturated heterocycles. The van der Waals surface area contributed by atoms with E-state index in [1.807, 2.05) is 13.8 Å². The number of likely N-dealkylation sites (tertiary alicyclic amines) is 1. The fraction of sp³-hybridized carbons (Fsp3) is 0.882. The molecule has 0 radical (unpaired) electrons. The normalized spacial score (nSPS) is 22.2. The molecule has 6 nitrogen and oxygen atoms in total. The second-order valence-corrected chi connectivity index (χ2v) is 6.84. The second kappa shape index (κ2) is 8.64. The number of ether oxygens (including phenoxy) is 1. The summed E-state index contributed by atoms with van der Waals surface area (Å²) in [5.41, 5.74) is -2.01. The summed E-state index contributed by atoms with van der Waals surface area (Å²) in [5.74, 6) is -1.08. The molecule has 2 N–H and O–H groups in total. The molecule has 6 heteroatoms. The zero-order valence-corrected chi connectivity index (χ0v) is 14.6. The lowest BCUT2D eigenvalue weighted by Crippen LogP contribution is -2.53. The van der Waals surface area contributed by atoms with E-state index in [2.05, 4.69) is 0 Å². The first-order chi connectivity index (χ1) is 10.8. The highest BCUT2D eigenvalue weighted by Gasteiger charge is 2.44. The summed E-state index contributed by atoms with van der Waals surface area (Å²) in [6.45, 7) is 4.77. The zero-order chi connectivity index (χ0) is 17.5. The predicted octanol–water partition coefficient (Wildman–Crippen LogP) is 2.05. The van der Waals surface area contributed by atoms with E-state index in [4.69, 9.17) is 4.74 Å². The number of hydrogen-bond acceptors (Lipinski definition) is 4. The van der Waals surface area contributed by atoms with Gasteiger partial charge in [-0.25, -0.2) is 0 Å². The van der Waals surface area contributed by atoms with Crippen molar-refractivity contribution in [3.05, 3.63) is 0 Å². The van der Waals surface area contributed by atoms with Gasteiger partial charge in [-0.05, 0) is 25.7 Å². The summed E-state index contributed by atoms with van der Waals surface area (Å²) in [5, 5.41) is 20.2. The van der Waals surface area contributed by atoms with Crippen molar-refractivity contribution in [2.24, 2.45) is 5.41 Å². The van der Waals surface area contributed by atoms with Gasteiger partial charge in [-0.1, -0.05) is 26.7 Å². The Bertz CT molecular complexity index is 402. The van der Waals surface area contributed by atoms with Crippen LogP contribution < -0.4 is 0 Å². The number of carboxylic acid groups (broad SMARTS) is 1. The third-order valence-corrected chi connectivity index (χ3v) is 4.71. The molecule has 1 aliphatic rings. The van der Waals surface area contributed by atoms with Crippen molar-refractivity contribution in [1.82, 2.24) is 4.90 Å². The number of carboxylic acids is 1. The van der Waals surface area contributed by atoms with E-state index in [1.165, 1.54) is 7.11 Å². The topological polar surface area (TPSA) is 87.1 Å². The fourth-order valence-electron chi connectivity index (χ4n) is 3.60. The number of piperidine rings is 1. The van der Waals surface area contributed by atoms with Gasteiger partial charge in [0.1, 0.15) is 5.41 Å². The monoisotopic (exact) mass is 329 g/mol. The van der Waals surface area contributed by atoms with Crippen LogP contribution in [0.3, 0.4) is 0 Å². The molecular weight excluding hydrogens is 298 g/mol. The molecule has 0 aromatic rings. The molecule has 0 saturated carbocycles. The van der Waals surface area contributed by atoms with Crippen LogP contribution in [0.4, 0.5) is 0 Å². The van der Waals surface area contributed by atoms with Gasteiger partial charge in [0, 0.05) is 20.2 Å². The van der Waals surface area contributed by atoms with Crippen LogP contribution >= 0.6 is 0 Å². The van der Waals surface area contributed by atoms with Gasteiger partial charge >= 0.3 is 5.97 Å². The number of aliphatic hydroxyl groups is 1. The molecule has 1 heterocycles. The van der Waals surface area contributed by atoms with Gasteiger partial charge in [-0.3, -0.25) is 9.59 Å². The van der Waals surface area contributed by atoms with Crippen LogP contribution in [0.2, 0.25) is 0 Å². The Balaban J connectivity index is 2.80. The van der Waals surface area contributed by atoms with Crippen molar-refractivity contribution in [2.45, 2.75) is 64.4 Å². The number of nitrogens with zero attached hydrogens (tertiary/aromatic N) is 1. The average Bonchev–Trinajstić information content (AvgIpc) is 2.47. The Morgan fingerprint density at radius 2 is 1.87 bits per heavy atom. The lowest BCUT2D eigenvalue weighted by atomic mass is 9.80. The Labute approximate surface area is 138 Å². The van der Waals surface area contributed by atoms with Crippen LogP contribution in [0.25, 0.3) is 0 Å². The van der Waals surface area contributed by atoms with Gasteiger partial charge in [-0.2, -0.15) is 0 Å². The van der Waals surface area contributed by atoms with Crippen LogP contribution in [0.15, 0.2) is 0 Å². The van der Waals surface area contributed by atoms with Gasteiger partial charge in [0.2, 0.25) is 5.91 Å².